The Morgan fingerprint density at radius 2 is 1.78 bits per heavy atom. The van der Waals surface area contributed by atoms with E-state index < -0.39 is 0 Å². The van der Waals surface area contributed by atoms with Crippen molar-refractivity contribution in [2.24, 2.45) is 5.73 Å². The van der Waals surface area contributed by atoms with Crippen LogP contribution < -0.4 is 5.73 Å². The summed E-state index contributed by atoms with van der Waals surface area (Å²) in [5.41, 5.74) is 7.89. The van der Waals surface area contributed by atoms with Gasteiger partial charge in [-0.2, -0.15) is 0 Å². The van der Waals surface area contributed by atoms with Crippen LogP contribution in [0.3, 0.4) is 0 Å². The molecule has 0 amide bonds. The molecule has 94 valence electrons. The molecular formula is C13H9BrClFIN. The highest BCUT2D eigenvalue weighted by atomic mass is 127. The molecule has 0 saturated heterocycles. The van der Waals surface area contributed by atoms with Crippen LogP contribution in [0.2, 0.25) is 5.02 Å². The average Bonchev–Trinajstić information content (AvgIpc) is 2.35. The maximum absolute atomic E-state index is 13.2. The minimum Gasteiger partial charge on any atom is -0.320 e. The molecule has 18 heavy (non-hydrogen) atoms. The van der Waals surface area contributed by atoms with Gasteiger partial charge in [0, 0.05) is 3.57 Å². The van der Waals surface area contributed by atoms with E-state index in [1.165, 1.54) is 6.07 Å². The number of hydrogen-bond donors (Lipinski definition) is 1. The molecule has 1 nitrogen and oxygen atoms in total. The molecule has 0 heterocycles. The molecule has 0 aliphatic carbocycles. The van der Waals surface area contributed by atoms with E-state index in [4.69, 9.17) is 17.3 Å². The fourth-order valence-corrected chi connectivity index (χ4v) is 2.53. The van der Waals surface area contributed by atoms with Gasteiger partial charge in [0.05, 0.1) is 15.5 Å². The van der Waals surface area contributed by atoms with E-state index in [0.29, 0.717) is 9.50 Å². The van der Waals surface area contributed by atoms with E-state index in [9.17, 15) is 4.39 Å². The van der Waals surface area contributed by atoms with Gasteiger partial charge >= 0.3 is 0 Å². The Kier molecular flexibility index (Phi) is 4.64. The highest BCUT2D eigenvalue weighted by Gasteiger charge is 2.12. The number of rotatable bonds is 2. The molecule has 2 rings (SSSR count). The van der Waals surface area contributed by atoms with Crippen molar-refractivity contribution in [1.82, 2.24) is 0 Å². The van der Waals surface area contributed by atoms with Gasteiger partial charge in [0.15, 0.2) is 0 Å². The van der Waals surface area contributed by atoms with Gasteiger partial charge < -0.3 is 5.73 Å². The Hall–Kier alpha value is -0.170. The lowest BCUT2D eigenvalue weighted by atomic mass is 10.00. The summed E-state index contributed by atoms with van der Waals surface area (Å²) in [6, 6.07) is 10.1. The van der Waals surface area contributed by atoms with Crippen LogP contribution in [0.5, 0.6) is 0 Å². The second-order valence-corrected chi connectivity index (χ2v) is 6.25. The molecule has 2 N–H and O–H groups in total. The van der Waals surface area contributed by atoms with Crippen LogP contribution in [-0.4, -0.2) is 0 Å². The lowest BCUT2D eigenvalue weighted by molar-refractivity contribution is 0.619. The predicted molar refractivity (Wildman–Crippen MR) is 84.3 cm³/mol. The van der Waals surface area contributed by atoms with Crippen LogP contribution in [0, 0.1) is 9.39 Å². The maximum Gasteiger partial charge on any atom is 0.137 e. The minimum absolute atomic E-state index is 0.299. The van der Waals surface area contributed by atoms with Gasteiger partial charge in [-0.1, -0.05) is 23.7 Å². The number of nitrogens with two attached hydrogens (primary N) is 1. The maximum atomic E-state index is 13.2. The molecular weight excluding hydrogens is 431 g/mol. The lowest BCUT2D eigenvalue weighted by Crippen LogP contribution is -2.12. The summed E-state index contributed by atoms with van der Waals surface area (Å²) in [6.45, 7) is 0. The first-order valence-corrected chi connectivity index (χ1v) is 7.39. The van der Waals surface area contributed by atoms with Crippen molar-refractivity contribution in [3.05, 3.63) is 66.4 Å². The van der Waals surface area contributed by atoms with Crippen LogP contribution in [-0.2, 0) is 0 Å². The average molecular weight is 440 g/mol. The molecule has 2 aromatic rings. The lowest BCUT2D eigenvalue weighted by Gasteiger charge is -2.14. The normalized spacial score (nSPS) is 12.5. The van der Waals surface area contributed by atoms with Crippen molar-refractivity contribution in [1.29, 1.82) is 0 Å². The zero-order chi connectivity index (χ0) is 13.3. The number of benzene rings is 2. The molecule has 0 fully saturated rings. The van der Waals surface area contributed by atoms with Gasteiger partial charge in [-0.25, -0.2) is 4.39 Å². The van der Waals surface area contributed by atoms with Crippen molar-refractivity contribution in [2.45, 2.75) is 6.04 Å². The molecule has 0 aliphatic rings. The highest BCUT2D eigenvalue weighted by molar-refractivity contribution is 14.1. The van der Waals surface area contributed by atoms with Crippen molar-refractivity contribution in [2.75, 3.05) is 0 Å². The van der Waals surface area contributed by atoms with Gasteiger partial charge in [-0.15, -0.1) is 0 Å². The third kappa shape index (κ3) is 3.04. The standard InChI is InChI=1S/C13H9BrClFIN/c14-9-5-7(1-3-11(9)16)13(18)8-2-4-12(17)10(15)6-8/h1-6,13H,18H2. The molecule has 1 atom stereocenters. The fraction of sp³-hybridized carbons (Fsp3) is 0.0769. The summed E-state index contributed by atoms with van der Waals surface area (Å²) in [6.07, 6.45) is 0. The zero-order valence-electron chi connectivity index (χ0n) is 9.13. The second kappa shape index (κ2) is 5.86. The van der Waals surface area contributed by atoms with E-state index in [1.54, 1.807) is 12.1 Å². The molecule has 0 spiro atoms. The molecule has 1 unspecified atom stereocenters. The van der Waals surface area contributed by atoms with Crippen molar-refractivity contribution in [3.63, 3.8) is 0 Å². The molecule has 0 aromatic heterocycles. The zero-order valence-corrected chi connectivity index (χ0v) is 13.6. The predicted octanol–water partition coefficient (Wildman–Crippen LogP) is 4.89. The van der Waals surface area contributed by atoms with Crippen LogP contribution >= 0.6 is 50.1 Å². The third-order valence-corrected chi connectivity index (χ3v) is 4.79. The molecule has 0 aliphatic heterocycles. The van der Waals surface area contributed by atoms with E-state index in [2.05, 4.69) is 38.5 Å². The van der Waals surface area contributed by atoms with Crippen LogP contribution in [0.1, 0.15) is 17.2 Å². The highest BCUT2D eigenvalue weighted by Crippen LogP contribution is 2.27. The van der Waals surface area contributed by atoms with Crippen LogP contribution in [0.4, 0.5) is 4.39 Å². The summed E-state index contributed by atoms with van der Waals surface area (Å²) >= 11 is 11.4. The van der Waals surface area contributed by atoms with Crippen LogP contribution in [0.15, 0.2) is 40.9 Å². The summed E-state index contributed by atoms with van der Waals surface area (Å²) in [5, 5.41) is 0.671. The quantitative estimate of drug-likeness (QED) is 0.661. The number of hydrogen-bond acceptors (Lipinski definition) is 1. The summed E-state index contributed by atoms with van der Waals surface area (Å²) in [7, 11) is 0. The van der Waals surface area contributed by atoms with Gasteiger partial charge in [0.1, 0.15) is 5.82 Å². The molecule has 5 heteroatoms. The Labute approximate surface area is 132 Å². The Morgan fingerprint density at radius 1 is 1.17 bits per heavy atom. The molecule has 2 aromatic carbocycles. The van der Waals surface area contributed by atoms with Gasteiger partial charge in [-0.3, -0.25) is 0 Å². The largest absolute Gasteiger partial charge is 0.320 e. The van der Waals surface area contributed by atoms with Crippen molar-refractivity contribution in [3.8, 4) is 0 Å². The topological polar surface area (TPSA) is 26.0 Å². The fourth-order valence-electron chi connectivity index (χ4n) is 1.60. The van der Waals surface area contributed by atoms with E-state index in [-0.39, 0.29) is 11.9 Å². The molecule has 0 saturated carbocycles. The number of halogens is 4. The minimum atomic E-state index is -0.323. The Morgan fingerprint density at radius 3 is 2.39 bits per heavy atom. The van der Waals surface area contributed by atoms with Crippen molar-refractivity contribution < 1.29 is 4.39 Å². The monoisotopic (exact) mass is 439 g/mol. The first-order valence-electron chi connectivity index (χ1n) is 5.14. The first-order chi connectivity index (χ1) is 8.49. The van der Waals surface area contributed by atoms with Crippen LogP contribution in [0.25, 0.3) is 0 Å². The smallest absolute Gasteiger partial charge is 0.137 e. The first kappa shape index (κ1) is 14.2. The van der Waals surface area contributed by atoms with E-state index in [0.717, 1.165) is 14.7 Å². The Balaban J connectivity index is 2.37. The van der Waals surface area contributed by atoms with Gasteiger partial charge in [0.25, 0.3) is 0 Å². The second-order valence-electron chi connectivity index (χ2n) is 3.82. The van der Waals surface area contributed by atoms with Gasteiger partial charge in [0.2, 0.25) is 0 Å². The summed E-state index contributed by atoms with van der Waals surface area (Å²) in [4.78, 5) is 0. The van der Waals surface area contributed by atoms with E-state index in [1.807, 2.05) is 18.2 Å². The third-order valence-electron chi connectivity index (χ3n) is 2.61. The summed E-state index contributed by atoms with van der Waals surface area (Å²) in [5.74, 6) is -0.299. The van der Waals surface area contributed by atoms with Gasteiger partial charge in [-0.05, 0) is 73.9 Å². The summed E-state index contributed by atoms with van der Waals surface area (Å²) < 4.78 is 14.6. The Bertz CT molecular complexity index is 540. The van der Waals surface area contributed by atoms with E-state index >= 15 is 0 Å². The molecule has 0 radical (unpaired) electrons. The van der Waals surface area contributed by atoms with Crippen molar-refractivity contribution >= 4 is 50.1 Å². The SMILES string of the molecule is NC(c1ccc(I)c(Cl)c1)c1ccc(F)c(Br)c1. The molecule has 0 bridgehead atoms.